The molecule has 1 aliphatic heterocycles. The molecule has 2 aliphatic carbocycles. The first-order valence-corrected chi connectivity index (χ1v) is 17.8. The monoisotopic (exact) mass is 648 g/mol. The van der Waals surface area contributed by atoms with Crippen molar-refractivity contribution in [3.8, 4) is 44.9 Å². The van der Waals surface area contributed by atoms with Crippen LogP contribution in [-0.2, 0) is 10.8 Å². The number of para-hydroxylation sites is 1. The summed E-state index contributed by atoms with van der Waals surface area (Å²) in [6.07, 6.45) is 0. The van der Waals surface area contributed by atoms with Crippen molar-refractivity contribution >= 4 is 0 Å². The lowest BCUT2D eigenvalue weighted by Crippen LogP contribution is -2.33. The predicted octanol–water partition coefficient (Wildman–Crippen LogP) is 12.2. The smallest absolute Gasteiger partial charge is 0.132 e. The summed E-state index contributed by atoms with van der Waals surface area (Å²) in [6.45, 7) is 0. The zero-order valence-corrected chi connectivity index (χ0v) is 27.9. The van der Waals surface area contributed by atoms with Gasteiger partial charge in [-0.1, -0.05) is 182 Å². The molecule has 238 valence electrons. The second-order valence-corrected chi connectivity index (χ2v) is 13.9. The van der Waals surface area contributed by atoms with Gasteiger partial charge in [0.1, 0.15) is 11.5 Å². The molecule has 0 bridgehead atoms. The molecule has 8 aromatic rings. The maximum atomic E-state index is 6.92. The van der Waals surface area contributed by atoms with E-state index in [0.717, 1.165) is 11.5 Å². The molecule has 0 radical (unpaired) electrons. The predicted molar refractivity (Wildman–Crippen MR) is 207 cm³/mol. The Bertz CT molecular complexity index is 2580. The van der Waals surface area contributed by atoms with Gasteiger partial charge >= 0.3 is 0 Å². The summed E-state index contributed by atoms with van der Waals surface area (Å²) >= 11 is 0. The number of hydrogen-bond donors (Lipinski definition) is 0. The van der Waals surface area contributed by atoms with E-state index < -0.39 is 10.8 Å². The van der Waals surface area contributed by atoms with Crippen LogP contribution in [0.2, 0.25) is 0 Å². The minimum absolute atomic E-state index is 0.480. The molecule has 0 atom stereocenters. The molecule has 1 spiro atoms. The maximum Gasteiger partial charge on any atom is 0.132 e. The van der Waals surface area contributed by atoms with Crippen molar-refractivity contribution < 1.29 is 4.74 Å². The Labute approximate surface area is 298 Å². The third-order valence-electron chi connectivity index (χ3n) is 11.6. The van der Waals surface area contributed by atoms with E-state index in [2.05, 4.69) is 194 Å². The van der Waals surface area contributed by atoms with Crippen LogP contribution in [0.25, 0.3) is 33.4 Å². The molecule has 0 N–H and O–H groups in total. The molecule has 0 saturated heterocycles. The van der Waals surface area contributed by atoms with Gasteiger partial charge in [-0.15, -0.1) is 0 Å². The van der Waals surface area contributed by atoms with Gasteiger partial charge in [-0.2, -0.15) is 0 Å². The highest BCUT2D eigenvalue weighted by atomic mass is 16.5. The molecule has 1 heterocycles. The topological polar surface area (TPSA) is 9.23 Å². The number of ether oxygens (including phenoxy) is 1. The lowest BCUT2D eigenvalue weighted by molar-refractivity contribution is 0.437. The third kappa shape index (κ3) is 3.55. The second-order valence-electron chi connectivity index (χ2n) is 13.9. The first kappa shape index (κ1) is 28.4. The van der Waals surface area contributed by atoms with Crippen LogP contribution >= 0.6 is 0 Å². The fourth-order valence-corrected chi connectivity index (χ4v) is 9.86. The Hall–Kier alpha value is -6.44. The highest BCUT2D eigenvalue weighted by Gasteiger charge is 2.53. The summed E-state index contributed by atoms with van der Waals surface area (Å²) in [7, 11) is 0. The fraction of sp³-hybridized carbons (Fsp3) is 0.0400. The van der Waals surface area contributed by atoms with Gasteiger partial charge in [-0.3, -0.25) is 0 Å². The molecule has 8 aromatic carbocycles. The molecule has 3 aliphatic rings. The zero-order valence-electron chi connectivity index (χ0n) is 27.9. The van der Waals surface area contributed by atoms with Crippen molar-refractivity contribution in [3.05, 3.63) is 239 Å². The zero-order chi connectivity index (χ0) is 33.6. The van der Waals surface area contributed by atoms with Gasteiger partial charge in [0.2, 0.25) is 0 Å². The van der Waals surface area contributed by atoms with Crippen molar-refractivity contribution in [2.24, 2.45) is 0 Å². The summed E-state index contributed by atoms with van der Waals surface area (Å²) in [5.74, 6) is 1.81. The Morgan fingerprint density at radius 3 is 1.35 bits per heavy atom. The Kier molecular flexibility index (Phi) is 5.86. The Morgan fingerprint density at radius 1 is 0.275 bits per heavy atom. The van der Waals surface area contributed by atoms with Crippen LogP contribution in [0.5, 0.6) is 11.5 Å². The quantitative estimate of drug-likeness (QED) is 0.185. The van der Waals surface area contributed by atoms with E-state index in [1.165, 1.54) is 77.9 Å². The molecule has 0 fully saturated rings. The molecule has 11 rings (SSSR count). The maximum absolute atomic E-state index is 6.92. The summed E-state index contributed by atoms with van der Waals surface area (Å²) < 4.78 is 6.92. The molecule has 51 heavy (non-hydrogen) atoms. The first-order chi connectivity index (χ1) is 25.3. The van der Waals surface area contributed by atoms with Gasteiger partial charge in [0.25, 0.3) is 0 Å². The van der Waals surface area contributed by atoms with Crippen LogP contribution in [-0.4, -0.2) is 0 Å². The number of benzene rings is 8. The molecule has 0 unspecified atom stereocenters. The number of rotatable bonds is 3. The Morgan fingerprint density at radius 2 is 0.706 bits per heavy atom. The second kappa shape index (κ2) is 10.5. The van der Waals surface area contributed by atoms with Gasteiger partial charge in [0, 0.05) is 11.1 Å². The van der Waals surface area contributed by atoms with Gasteiger partial charge in [-0.05, 0) is 78.9 Å². The van der Waals surface area contributed by atoms with Gasteiger partial charge in [0.05, 0.1) is 10.8 Å². The minimum atomic E-state index is -0.565. The van der Waals surface area contributed by atoms with Crippen LogP contribution in [0.4, 0.5) is 0 Å². The van der Waals surface area contributed by atoms with E-state index in [1.54, 1.807) is 0 Å². The first-order valence-electron chi connectivity index (χ1n) is 17.8. The van der Waals surface area contributed by atoms with Crippen LogP contribution in [0, 0.1) is 0 Å². The lowest BCUT2D eigenvalue weighted by atomic mass is 9.64. The lowest BCUT2D eigenvalue weighted by Gasteiger charge is -2.41. The van der Waals surface area contributed by atoms with E-state index in [-0.39, 0.29) is 0 Å². The molecule has 1 heteroatoms. The van der Waals surface area contributed by atoms with E-state index in [4.69, 9.17) is 4.74 Å². The Balaban J connectivity index is 1.29. The number of hydrogen-bond acceptors (Lipinski definition) is 1. The van der Waals surface area contributed by atoms with Gasteiger partial charge in [0.15, 0.2) is 0 Å². The number of fused-ring (bicyclic) bond motifs is 12. The van der Waals surface area contributed by atoms with Gasteiger partial charge < -0.3 is 4.74 Å². The fourth-order valence-electron chi connectivity index (χ4n) is 9.86. The molecule has 0 aromatic heterocycles. The van der Waals surface area contributed by atoms with Crippen molar-refractivity contribution in [3.63, 3.8) is 0 Å². The molecular weight excluding hydrogens is 617 g/mol. The highest BCUT2D eigenvalue weighted by Crippen LogP contribution is 2.65. The van der Waals surface area contributed by atoms with E-state index >= 15 is 0 Å². The molecule has 0 saturated carbocycles. The highest BCUT2D eigenvalue weighted by molar-refractivity contribution is 5.99. The summed E-state index contributed by atoms with van der Waals surface area (Å²) in [4.78, 5) is 0. The van der Waals surface area contributed by atoms with Crippen LogP contribution in [0.3, 0.4) is 0 Å². The van der Waals surface area contributed by atoms with E-state index in [1.807, 2.05) is 0 Å². The van der Waals surface area contributed by atoms with Crippen molar-refractivity contribution in [2.75, 3.05) is 0 Å². The summed E-state index contributed by atoms with van der Waals surface area (Å²) in [5, 5.41) is 0. The average Bonchev–Trinajstić information content (AvgIpc) is 3.67. The molecule has 1 nitrogen and oxygen atoms in total. The van der Waals surface area contributed by atoms with Crippen molar-refractivity contribution in [2.45, 2.75) is 10.8 Å². The van der Waals surface area contributed by atoms with Crippen LogP contribution in [0.1, 0.15) is 44.5 Å². The summed E-state index contributed by atoms with van der Waals surface area (Å²) in [6, 6.07) is 71.3. The van der Waals surface area contributed by atoms with E-state index in [9.17, 15) is 0 Å². The normalized spacial score (nSPS) is 14.7. The average molecular weight is 649 g/mol. The molecular formula is C50H32O. The van der Waals surface area contributed by atoms with Crippen LogP contribution in [0.15, 0.2) is 194 Å². The SMILES string of the molecule is c1ccc(C2(c3ccccc3)c3ccccc3-c3c(-c4cccc5c4C4(c6ccccc6O5)c5ccccc5-c5ccccc54)cccc32)cc1. The van der Waals surface area contributed by atoms with Crippen molar-refractivity contribution in [1.82, 2.24) is 0 Å². The van der Waals surface area contributed by atoms with Gasteiger partial charge in [-0.25, -0.2) is 0 Å². The minimum Gasteiger partial charge on any atom is -0.457 e. The van der Waals surface area contributed by atoms with Crippen molar-refractivity contribution in [1.29, 1.82) is 0 Å². The molecule has 0 amide bonds. The summed E-state index contributed by atoms with van der Waals surface area (Å²) in [5.41, 5.74) is 16.6. The standard InChI is InChI=1S/C50H32O/c1-3-17-33(18-4-1)49(34-19-5-2-6-20-34)42-28-12-9-23-39(42)47-37(24-15-30-44(47)49)38-25-16-32-46-48(38)50(43-29-13-14-31-45(43)51-46)40-26-10-7-21-35(40)36-22-8-11-27-41(36)50/h1-32H. The largest absolute Gasteiger partial charge is 0.457 e. The van der Waals surface area contributed by atoms with E-state index in [0.29, 0.717) is 0 Å². The third-order valence-corrected chi connectivity index (χ3v) is 11.6. The van der Waals surface area contributed by atoms with Crippen LogP contribution < -0.4 is 4.74 Å².